The van der Waals surface area contributed by atoms with E-state index in [4.69, 9.17) is 4.42 Å². The van der Waals surface area contributed by atoms with Gasteiger partial charge in [0.05, 0.1) is 29.6 Å². The van der Waals surface area contributed by atoms with E-state index >= 15 is 0 Å². The maximum Gasteiger partial charge on any atom is 0.257 e. The molecule has 0 bridgehead atoms. The van der Waals surface area contributed by atoms with Crippen molar-refractivity contribution in [2.75, 3.05) is 5.32 Å². The standard InChI is InChI=1S/C30H34N4O2/c1-5-30(6-2,23-16-14-22(15-17-23)26-13-10-18-36-26)33-28(35)24-20-31-34-27(24)32-25(19-29(34,3)4)21-11-8-7-9-12-21/h7-18,20,25,32H,5-6,19H2,1-4H3,(H,33,35). The van der Waals surface area contributed by atoms with E-state index in [0.717, 1.165) is 42.0 Å². The summed E-state index contributed by atoms with van der Waals surface area (Å²) in [6.07, 6.45) is 5.79. The van der Waals surface area contributed by atoms with Crippen molar-refractivity contribution < 1.29 is 9.21 Å². The molecule has 0 saturated heterocycles. The van der Waals surface area contributed by atoms with Gasteiger partial charge in [0.25, 0.3) is 5.91 Å². The molecule has 0 spiro atoms. The van der Waals surface area contributed by atoms with Gasteiger partial charge in [-0.2, -0.15) is 5.10 Å². The number of nitrogens with one attached hydrogen (secondary N) is 2. The summed E-state index contributed by atoms with van der Waals surface area (Å²) in [6.45, 7) is 8.57. The van der Waals surface area contributed by atoms with E-state index in [1.165, 1.54) is 5.56 Å². The molecule has 0 radical (unpaired) electrons. The third-order valence-electron chi connectivity index (χ3n) is 7.61. The monoisotopic (exact) mass is 482 g/mol. The van der Waals surface area contributed by atoms with Gasteiger partial charge in [-0.3, -0.25) is 4.79 Å². The summed E-state index contributed by atoms with van der Waals surface area (Å²) in [5, 5.41) is 11.6. The van der Waals surface area contributed by atoms with E-state index < -0.39 is 5.54 Å². The number of aromatic nitrogens is 2. The number of benzene rings is 2. The second-order valence-electron chi connectivity index (χ2n) is 10.2. The lowest BCUT2D eigenvalue weighted by atomic mass is 9.83. The Morgan fingerprint density at radius 1 is 1.08 bits per heavy atom. The first-order valence-corrected chi connectivity index (χ1v) is 12.7. The predicted molar refractivity (Wildman–Crippen MR) is 143 cm³/mol. The third-order valence-corrected chi connectivity index (χ3v) is 7.61. The van der Waals surface area contributed by atoms with E-state index in [1.807, 2.05) is 22.9 Å². The smallest absolute Gasteiger partial charge is 0.257 e. The van der Waals surface area contributed by atoms with Crippen LogP contribution in [0.3, 0.4) is 0 Å². The molecular formula is C30H34N4O2. The van der Waals surface area contributed by atoms with Crippen LogP contribution < -0.4 is 10.6 Å². The lowest BCUT2D eigenvalue weighted by Crippen LogP contribution is -2.45. The minimum atomic E-state index is -0.489. The van der Waals surface area contributed by atoms with Crippen LogP contribution in [-0.2, 0) is 11.1 Å². The van der Waals surface area contributed by atoms with E-state index in [2.05, 4.69) is 92.0 Å². The van der Waals surface area contributed by atoms with Crippen LogP contribution in [0.5, 0.6) is 0 Å². The molecule has 5 rings (SSSR count). The lowest BCUT2D eigenvalue weighted by Gasteiger charge is -2.38. The van der Waals surface area contributed by atoms with Gasteiger partial charge >= 0.3 is 0 Å². The molecule has 4 aromatic rings. The van der Waals surface area contributed by atoms with Crippen molar-refractivity contribution in [2.45, 2.75) is 64.1 Å². The summed E-state index contributed by atoms with van der Waals surface area (Å²) in [7, 11) is 0. The Balaban J connectivity index is 1.44. The van der Waals surface area contributed by atoms with E-state index in [0.29, 0.717) is 5.56 Å². The SMILES string of the molecule is CCC(CC)(NC(=O)c1cnn2c1NC(c1ccccc1)CC2(C)C)c1ccc(-c2ccco2)cc1. The van der Waals surface area contributed by atoms with Crippen LogP contribution in [0.25, 0.3) is 11.3 Å². The molecule has 2 aromatic carbocycles. The number of rotatable bonds is 7. The van der Waals surface area contributed by atoms with Gasteiger partial charge < -0.3 is 15.1 Å². The number of carbonyl (C=O) groups excluding carboxylic acids is 1. The highest BCUT2D eigenvalue weighted by Gasteiger charge is 2.38. The van der Waals surface area contributed by atoms with E-state index in [1.54, 1.807) is 12.5 Å². The Kier molecular flexibility index (Phi) is 6.20. The summed E-state index contributed by atoms with van der Waals surface area (Å²) in [6, 6.07) is 22.6. The minimum absolute atomic E-state index is 0.105. The molecule has 1 amide bonds. The van der Waals surface area contributed by atoms with Gasteiger partial charge in [0.15, 0.2) is 0 Å². The highest BCUT2D eigenvalue weighted by molar-refractivity contribution is 5.99. The number of nitrogens with zero attached hydrogens (tertiary/aromatic N) is 2. The fourth-order valence-electron chi connectivity index (χ4n) is 5.39. The molecule has 0 saturated carbocycles. The van der Waals surface area contributed by atoms with Crippen molar-refractivity contribution in [2.24, 2.45) is 0 Å². The summed E-state index contributed by atoms with van der Waals surface area (Å²) in [5.74, 6) is 1.48. The van der Waals surface area contributed by atoms with Crippen LogP contribution in [0, 0.1) is 0 Å². The second-order valence-corrected chi connectivity index (χ2v) is 10.2. The maximum atomic E-state index is 13.8. The third kappa shape index (κ3) is 4.21. The van der Waals surface area contributed by atoms with Gasteiger partial charge in [0, 0.05) is 5.56 Å². The zero-order valence-electron chi connectivity index (χ0n) is 21.4. The average Bonchev–Trinajstić information content (AvgIpc) is 3.59. The number of furan rings is 1. The average molecular weight is 483 g/mol. The molecule has 36 heavy (non-hydrogen) atoms. The first-order valence-electron chi connectivity index (χ1n) is 12.7. The van der Waals surface area contributed by atoms with Crippen LogP contribution in [0.4, 0.5) is 5.82 Å². The van der Waals surface area contributed by atoms with E-state index in [9.17, 15) is 4.79 Å². The summed E-state index contributed by atoms with van der Waals surface area (Å²) in [4.78, 5) is 13.8. The van der Waals surface area contributed by atoms with Crippen LogP contribution in [0.15, 0.2) is 83.6 Å². The summed E-state index contributed by atoms with van der Waals surface area (Å²) < 4.78 is 7.49. The number of hydrogen-bond donors (Lipinski definition) is 2. The molecular weight excluding hydrogens is 448 g/mol. The number of carbonyl (C=O) groups is 1. The van der Waals surface area contributed by atoms with Crippen molar-refractivity contribution in [1.29, 1.82) is 0 Å². The van der Waals surface area contributed by atoms with Crippen molar-refractivity contribution in [3.8, 4) is 11.3 Å². The normalized spacial score (nSPS) is 16.7. The van der Waals surface area contributed by atoms with Crippen molar-refractivity contribution >= 4 is 11.7 Å². The predicted octanol–water partition coefficient (Wildman–Crippen LogP) is 6.88. The largest absolute Gasteiger partial charge is 0.464 e. The number of hydrogen-bond acceptors (Lipinski definition) is 4. The quantitative estimate of drug-likeness (QED) is 0.301. The second kappa shape index (κ2) is 9.34. The Bertz CT molecular complexity index is 1320. The van der Waals surface area contributed by atoms with Gasteiger partial charge in [-0.05, 0) is 56.4 Å². The molecule has 6 heteroatoms. The summed E-state index contributed by atoms with van der Waals surface area (Å²) >= 11 is 0. The van der Waals surface area contributed by atoms with Crippen LogP contribution in [0.2, 0.25) is 0 Å². The highest BCUT2D eigenvalue weighted by atomic mass is 16.3. The number of amides is 1. The van der Waals surface area contributed by atoms with Crippen molar-refractivity contribution in [1.82, 2.24) is 15.1 Å². The molecule has 2 aromatic heterocycles. The van der Waals surface area contributed by atoms with Gasteiger partial charge in [-0.25, -0.2) is 4.68 Å². The lowest BCUT2D eigenvalue weighted by molar-refractivity contribution is 0.0890. The Hall–Kier alpha value is -3.80. The number of fused-ring (bicyclic) bond motifs is 1. The van der Waals surface area contributed by atoms with Gasteiger partial charge in [0.1, 0.15) is 17.1 Å². The maximum absolute atomic E-state index is 13.8. The molecule has 1 unspecified atom stereocenters. The zero-order valence-corrected chi connectivity index (χ0v) is 21.4. The Morgan fingerprint density at radius 2 is 1.81 bits per heavy atom. The summed E-state index contributed by atoms with van der Waals surface area (Å²) in [5.41, 5.74) is 3.15. The molecule has 1 aliphatic rings. The van der Waals surface area contributed by atoms with Crippen LogP contribution >= 0.6 is 0 Å². The first kappa shape index (κ1) is 23.9. The van der Waals surface area contributed by atoms with Gasteiger partial charge in [-0.15, -0.1) is 0 Å². The van der Waals surface area contributed by atoms with E-state index in [-0.39, 0.29) is 17.5 Å². The topological polar surface area (TPSA) is 72.1 Å². The van der Waals surface area contributed by atoms with Crippen LogP contribution in [-0.4, -0.2) is 15.7 Å². The fraction of sp³-hybridized carbons (Fsp3) is 0.333. The fourth-order valence-corrected chi connectivity index (χ4v) is 5.39. The molecule has 6 nitrogen and oxygen atoms in total. The van der Waals surface area contributed by atoms with Gasteiger partial charge in [-0.1, -0.05) is 68.4 Å². The number of anilines is 1. The van der Waals surface area contributed by atoms with Gasteiger partial charge in [0.2, 0.25) is 0 Å². The molecule has 1 atom stereocenters. The van der Waals surface area contributed by atoms with Crippen molar-refractivity contribution in [3.63, 3.8) is 0 Å². The first-order chi connectivity index (χ1) is 17.4. The highest BCUT2D eigenvalue weighted by Crippen LogP contribution is 2.40. The molecule has 0 aliphatic carbocycles. The zero-order chi connectivity index (χ0) is 25.3. The Labute approximate surface area is 212 Å². The minimum Gasteiger partial charge on any atom is -0.464 e. The Morgan fingerprint density at radius 3 is 2.44 bits per heavy atom. The molecule has 186 valence electrons. The molecule has 2 N–H and O–H groups in total. The molecule has 3 heterocycles. The van der Waals surface area contributed by atoms with Crippen LogP contribution in [0.1, 0.15) is 74.5 Å². The molecule has 1 aliphatic heterocycles. The van der Waals surface area contributed by atoms with Crippen molar-refractivity contribution in [3.05, 3.63) is 95.9 Å². The molecule has 0 fully saturated rings.